The Bertz CT molecular complexity index is 279. The highest BCUT2D eigenvalue weighted by Gasteiger charge is 2.41. The van der Waals surface area contributed by atoms with Crippen molar-refractivity contribution in [1.82, 2.24) is 0 Å². The minimum Gasteiger partial charge on any atom is -0.481 e. The molecule has 3 nitrogen and oxygen atoms in total. The standard InChI is InChI=1S/C14H25NO2/c15-10-14(9-13(16)17)7-6-11-4-2-1-3-5-12(11)8-14/h11-12H,1-10,15H2,(H,16,17)/t11-,12+,14+/m0/s1. The molecule has 3 heteroatoms. The second-order valence-electron chi connectivity index (χ2n) is 6.18. The molecular weight excluding hydrogens is 214 g/mol. The van der Waals surface area contributed by atoms with Crippen molar-refractivity contribution < 1.29 is 9.90 Å². The van der Waals surface area contributed by atoms with E-state index in [1.807, 2.05) is 0 Å². The number of nitrogens with two attached hydrogens (primary N) is 1. The van der Waals surface area contributed by atoms with Gasteiger partial charge in [-0.15, -0.1) is 0 Å². The number of hydrogen-bond acceptors (Lipinski definition) is 2. The fraction of sp³-hybridized carbons (Fsp3) is 0.929. The van der Waals surface area contributed by atoms with Crippen LogP contribution in [0.2, 0.25) is 0 Å². The Balaban J connectivity index is 2.04. The van der Waals surface area contributed by atoms with Gasteiger partial charge in [0.2, 0.25) is 0 Å². The van der Waals surface area contributed by atoms with Gasteiger partial charge in [0.15, 0.2) is 0 Å². The predicted molar refractivity (Wildman–Crippen MR) is 67.7 cm³/mol. The van der Waals surface area contributed by atoms with Gasteiger partial charge in [-0.2, -0.15) is 0 Å². The van der Waals surface area contributed by atoms with Crippen LogP contribution in [-0.2, 0) is 4.79 Å². The largest absolute Gasteiger partial charge is 0.481 e. The predicted octanol–water partition coefficient (Wildman–Crippen LogP) is 2.79. The van der Waals surface area contributed by atoms with Gasteiger partial charge in [0, 0.05) is 0 Å². The average Bonchev–Trinajstić information content (AvgIpc) is 2.52. The van der Waals surface area contributed by atoms with Gasteiger partial charge >= 0.3 is 5.97 Å². The highest BCUT2D eigenvalue weighted by Crippen LogP contribution is 2.48. The molecular formula is C14H25NO2. The molecule has 2 fully saturated rings. The third-order valence-corrected chi connectivity index (χ3v) is 5.02. The van der Waals surface area contributed by atoms with Crippen LogP contribution in [0.5, 0.6) is 0 Å². The van der Waals surface area contributed by atoms with Gasteiger partial charge in [0.05, 0.1) is 6.42 Å². The summed E-state index contributed by atoms with van der Waals surface area (Å²) in [7, 11) is 0. The van der Waals surface area contributed by atoms with Crippen LogP contribution in [0.15, 0.2) is 0 Å². The van der Waals surface area contributed by atoms with Crippen molar-refractivity contribution in [3.05, 3.63) is 0 Å². The number of carbonyl (C=O) groups is 1. The maximum Gasteiger partial charge on any atom is 0.303 e. The van der Waals surface area contributed by atoms with Gasteiger partial charge < -0.3 is 10.8 Å². The van der Waals surface area contributed by atoms with E-state index in [-0.39, 0.29) is 11.8 Å². The van der Waals surface area contributed by atoms with Gasteiger partial charge in [-0.3, -0.25) is 4.79 Å². The third kappa shape index (κ3) is 3.01. The molecule has 0 bridgehead atoms. The van der Waals surface area contributed by atoms with E-state index in [1.165, 1.54) is 38.5 Å². The van der Waals surface area contributed by atoms with Crippen molar-refractivity contribution in [3.63, 3.8) is 0 Å². The molecule has 2 saturated carbocycles. The molecule has 3 N–H and O–H groups in total. The summed E-state index contributed by atoms with van der Waals surface area (Å²) in [5, 5.41) is 9.06. The second kappa shape index (κ2) is 5.38. The van der Waals surface area contributed by atoms with E-state index in [0.29, 0.717) is 6.54 Å². The number of carboxylic acid groups (broad SMARTS) is 1. The van der Waals surface area contributed by atoms with Crippen LogP contribution in [0.3, 0.4) is 0 Å². The Morgan fingerprint density at radius 2 is 1.88 bits per heavy atom. The van der Waals surface area contributed by atoms with Crippen LogP contribution in [0.1, 0.15) is 57.8 Å². The molecule has 0 unspecified atom stereocenters. The Hall–Kier alpha value is -0.570. The summed E-state index contributed by atoms with van der Waals surface area (Å²) in [4.78, 5) is 11.0. The van der Waals surface area contributed by atoms with Crippen molar-refractivity contribution >= 4 is 5.97 Å². The van der Waals surface area contributed by atoms with Crippen molar-refractivity contribution in [3.8, 4) is 0 Å². The lowest BCUT2D eigenvalue weighted by Crippen LogP contribution is -2.40. The minimum atomic E-state index is -0.678. The molecule has 3 atom stereocenters. The zero-order chi connectivity index (χ0) is 12.3. The first-order chi connectivity index (χ1) is 8.15. The molecule has 2 aliphatic rings. The fourth-order valence-electron chi connectivity index (χ4n) is 4.00. The normalized spacial score (nSPS) is 38.2. The Morgan fingerprint density at radius 3 is 2.53 bits per heavy atom. The Morgan fingerprint density at radius 1 is 1.18 bits per heavy atom. The molecule has 0 heterocycles. The lowest BCUT2D eigenvalue weighted by atomic mass is 9.62. The monoisotopic (exact) mass is 239 g/mol. The summed E-state index contributed by atoms with van der Waals surface area (Å²) < 4.78 is 0. The van der Waals surface area contributed by atoms with Crippen LogP contribution in [0.25, 0.3) is 0 Å². The van der Waals surface area contributed by atoms with Crippen LogP contribution in [-0.4, -0.2) is 17.6 Å². The van der Waals surface area contributed by atoms with Crippen molar-refractivity contribution in [1.29, 1.82) is 0 Å². The highest BCUT2D eigenvalue weighted by molar-refractivity contribution is 5.67. The van der Waals surface area contributed by atoms with Gasteiger partial charge in [-0.05, 0) is 43.1 Å². The second-order valence-corrected chi connectivity index (χ2v) is 6.18. The third-order valence-electron chi connectivity index (χ3n) is 5.02. The van der Waals surface area contributed by atoms with E-state index in [2.05, 4.69) is 0 Å². The summed E-state index contributed by atoms with van der Waals surface area (Å²) in [6.07, 6.45) is 10.3. The van der Waals surface area contributed by atoms with Crippen LogP contribution in [0, 0.1) is 17.3 Å². The summed E-state index contributed by atoms with van der Waals surface area (Å²) in [6.45, 7) is 0.544. The fourth-order valence-corrected chi connectivity index (χ4v) is 4.00. The molecule has 0 amide bonds. The number of fused-ring (bicyclic) bond motifs is 1. The Kier molecular flexibility index (Phi) is 4.08. The number of hydrogen-bond donors (Lipinski definition) is 2. The molecule has 0 saturated heterocycles. The highest BCUT2D eigenvalue weighted by atomic mass is 16.4. The van der Waals surface area contributed by atoms with Crippen molar-refractivity contribution in [2.45, 2.75) is 57.8 Å². The first-order valence-corrected chi connectivity index (χ1v) is 7.07. The molecule has 0 radical (unpaired) electrons. The molecule has 2 rings (SSSR count). The zero-order valence-electron chi connectivity index (χ0n) is 10.7. The molecule has 0 aromatic rings. The van der Waals surface area contributed by atoms with Gasteiger partial charge in [-0.1, -0.05) is 32.1 Å². The minimum absolute atomic E-state index is 0.0999. The van der Waals surface area contributed by atoms with Crippen molar-refractivity contribution in [2.75, 3.05) is 6.54 Å². The van der Waals surface area contributed by atoms with E-state index in [0.717, 1.165) is 24.7 Å². The Labute approximate surface area is 104 Å². The zero-order valence-corrected chi connectivity index (χ0v) is 10.7. The molecule has 17 heavy (non-hydrogen) atoms. The van der Waals surface area contributed by atoms with E-state index in [1.54, 1.807) is 0 Å². The topological polar surface area (TPSA) is 63.3 Å². The van der Waals surface area contributed by atoms with Crippen LogP contribution < -0.4 is 5.73 Å². The molecule has 0 aliphatic heterocycles. The number of aliphatic carboxylic acids is 1. The molecule has 98 valence electrons. The summed E-state index contributed by atoms with van der Waals surface area (Å²) in [5.74, 6) is 0.919. The van der Waals surface area contributed by atoms with Crippen molar-refractivity contribution in [2.24, 2.45) is 23.0 Å². The number of carboxylic acids is 1. The summed E-state index contributed by atoms with van der Waals surface area (Å²) in [5.41, 5.74) is 5.78. The lowest BCUT2D eigenvalue weighted by molar-refractivity contribution is -0.140. The van der Waals surface area contributed by atoms with E-state index in [9.17, 15) is 4.79 Å². The SMILES string of the molecule is NC[C@]1(CC(=O)O)CC[C@@H]2CCCCC[C@@H]2C1. The first-order valence-electron chi connectivity index (χ1n) is 7.07. The average molecular weight is 239 g/mol. The van der Waals surface area contributed by atoms with Crippen LogP contribution in [0.4, 0.5) is 0 Å². The maximum atomic E-state index is 11.0. The van der Waals surface area contributed by atoms with E-state index < -0.39 is 5.97 Å². The van der Waals surface area contributed by atoms with E-state index in [4.69, 9.17) is 10.8 Å². The molecule has 2 aliphatic carbocycles. The van der Waals surface area contributed by atoms with Gasteiger partial charge in [0.1, 0.15) is 0 Å². The smallest absolute Gasteiger partial charge is 0.303 e. The lowest BCUT2D eigenvalue weighted by Gasteiger charge is -2.43. The quantitative estimate of drug-likeness (QED) is 0.796. The maximum absolute atomic E-state index is 11.0. The summed E-state index contributed by atoms with van der Waals surface area (Å²) in [6, 6.07) is 0. The first kappa shape index (κ1) is 12.9. The summed E-state index contributed by atoms with van der Waals surface area (Å²) >= 11 is 0. The van der Waals surface area contributed by atoms with Gasteiger partial charge in [0.25, 0.3) is 0 Å². The van der Waals surface area contributed by atoms with E-state index >= 15 is 0 Å². The number of rotatable bonds is 3. The molecule has 0 aromatic heterocycles. The molecule has 0 spiro atoms. The van der Waals surface area contributed by atoms with Gasteiger partial charge in [-0.25, -0.2) is 0 Å². The molecule has 0 aromatic carbocycles. The van der Waals surface area contributed by atoms with Crippen LogP contribution >= 0.6 is 0 Å².